The number of hydrogen-bond donors (Lipinski definition) is 1. The van der Waals surface area contributed by atoms with Gasteiger partial charge in [0.05, 0.1) is 5.39 Å². The third kappa shape index (κ3) is 2.53. The number of thiophene rings is 1. The monoisotopic (exact) mass is 333 g/mol. The minimum atomic E-state index is -0.543. The number of hydrogen-bond acceptors (Lipinski definition) is 5. The van der Waals surface area contributed by atoms with Crippen molar-refractivity contribution in [3.05, 3.63) is 10.4 Å². The Bertz CT molecular complexity index is 654. The number of fused-ring (bicyclic) bond motifs is 1. The highest BCUT2D eigenvalue weighted by molar-refractivity contribution is 7.99. The Morgan fingerprint density at radius 1 is 1.42 bits per heavy atom. The van der Waals surface area contributed by atoms with Crippen LogP contribution >= 0.6 is 46.3 Å². The van der Waals surface area contributed by atoms with Crippen molar-refractivity contribution >= 4 is 62.3 Å². The number of nitrogens with two attached hydrogens (primary N) is 1. The fourth-order valence-electron chi connectivity index (χ4n) is 1.95. The molecule has 19 heavy (non-hydrogen) atoms. The van der Waals surface area contributed by atoms with Gasteiger partial charge in [0.1, 0.15) is 15.0 Å². The molecule has 0 unspecified atom stereocenters. The van der Waals surface area contributed by atoms with Gasteiger partial charge in [-0.15, -0.1) is 34.5 Å². The lowest BCUT2D eigenvalue weighted by atomic mass is 10.2. The van der Waals surface area contributed by atoms with Crippen molar-refractivity contribution in [2.24, 2.45) is 5.92 Å². The summed E-state index contributed by atoms with van der Waals surface area (Å²) in [5.41, 5.74) is 7.21. The molecule has 102 valence electrons. The quantitative estimate of drug-likeness (QED) is 0.520. The molecule has 1 fully saturated rings. The van der Waals surface area contributed by atoms with Gasteiger partial charge >= 0.3 is 0 Å². The second kappa shape index (κ2) is 4.65. The normalized spacial score (nSPS) is 20.9. The van der Waals surface area contributed by atoms with Gasteiger partial charge in [-0.1, -0.05) is 11.8 Å². The van der Waals surface area contributed by atoms with E-state index in [1.54, 1.807) is 23.1 Å². The number of aryl methyl sites for hydroxylation is 2. The van der Waals surface area contributed by atoms with E-state index in [-0.39, 0.29) is 0 Å². The van der Waals surface area contributed by atoms with Crippen molar-refractivity contribution in [2.75, 3.05) is 11.5 Å². The van der Waals surface area contributed by atoms with Crippen molar-refractivity contribution in [3.63, 3.8) is 0 Å². The maximum Gasteiger partial charge on any atom is 0.190 e. The van der Waals surface area contributed by atoms with Gasteiger partial charge in [0.2, 0.25) is 0 Å². The first-order valence-corrected chi connectivity index (χ1v) is 8.48. The van der Waals surface area contributed by atoms with E-state index in [4.69, 9.17) is 28.9 Å². The number of anilines is 1. The van der Waals surface area contributed by atoms with E-state index in [0.29, 0.717) is 16.9 Å². The molecule has 1 saturated carbocycles. The molecule has 3 rings (SSSR count). The Morgan fingerprint density at radius 2 is 2.11 bits per heavy atom. The molecule has 2 aromatic heterocycles. The van der Waals surface area contributed by atoms with Gasteiger partial charge in [-0.2, -0.15) is 0 Å². The van der Waals surface area contributed by atoms with Gasteiger partial charge in [0, 0.05) is 16.5 Å². The first kappa shape index (κ1) is 13.7. The van der Waals surface area contributed by atoms with E-state index < -0.39 is 4.33 Å². The molecule has 2 aromatic rings. The number of nitrogen functional groups attached to an aromatic ring is 1. The number of thioether (sulfide) groups is 1. The van der Waals surface area contributed by atoms with E-state index in [1.807, 2.05) is 0 Å². The highest BCUT2D eigenvalue weighted by Crippen LogP contribution is 2.54. The number of nitrogens with zero attached hydrogens (tertiary/aromatic N) is 2. The molecule has 0 aromatic carbocycles. The predicted molar refractivity (Wildman–Crippen MR) is 84.6 cm³/mol. The maximum absolute atomic E-state index is 6.04. The third-order valence-electron chi connectivity index (χ3n) is 3.41. The molecule has 0 bridgehead atoms. The smallest absolute Gasteiger partial charge is 0.190 e. The summed E-state index contributed by atoms with van der Waals surface area (Å²) in [5.74, 6) is 1.72. The van der Waals surface area contributed by atoms with Crippen LogP contribution in [-0.4, -0.2) is 20.1 Å². The minimum Gasteiger partial charge on any atom is -0.383 e. The lowest BCUT2D eigenvalue weighted by Crippen LogP contribution is -1.98. The first-order chi connectivity index (χ1) is 8.88. The Kier molecular flexibility index (Phi) is 3.37. The minimum absolute atomic E-state index is 0.327. The van der Waals surface area contributed by atoms with Crippen LogP contribution in [0.1, 0.15) is 16.9 Å². The lowest BCUT2D eigenvalue weighted by molar-refractivity contribution is 0.958. The summed E-state index contributed by atoms with van der Waals surface area (Å²) in [6.45, 7) is 4.13. The van der Waals surface area contributed by atoms with E-state index in [0.717, 1.165) is 22.4 Å². The molecule has 0 amide bonds. The highest BCUT2D eigenvalue weighted by Gasteiger charge is 2.51. The number of aromatic nitrogens is 2. The number of halogens is 2. The first-order valence-electron chi connectivity index (χ1n) is 5.92. The second-order valence-corrected chi connectivity index (χ2v) is 8.56. The van der Waals surface area contributed by atoms with Crippen LogP contribution in [0, 0.1) is 19.8 Å². The van der Waals surface area contributed by atoms with Crippen molar-refractivity contribution in [3.8, 4) is 0 Å². The molecule has 1 aliphatic rings. The highest BCUT2D eigenvalue weighted by atomic mass is 35.5. The Labute approximate surface area is 129 Å². The van der Waals surface area contributed by atoms with E-state index in [2.05, 4.69) is 23.8 Å². The second-order valence-electron chi connectivity index (χ2n) is 4.83. The van der Waals surface area contributed by atoms with Crippen molar-refractivity contribution in [2.45, 2.75) is 29.8 Å². The van der Waals surface area contributed by atoms with Gasteiger partial charge < -0.3 is 5.73 Å². The molecule has 2 heterocycles. The van der Waals surface area contributed by atoms with Gasteiger partial charge in [-0.25, -0.2) is 9.97 Å². The average Bonchev–Trinajstić information content (AvgIpc) is 2.82. The standard InChI is InChI=1S/C12H13Cl2N3S2/c1-5-6(2)19-10-8(5)9(15)16-11(17-10)18-4-7-3-12(7,13)14/h7H,3-4H2,1-2H3,(H2,15,16,17)/t7-/m0/s1. The van der Waals surface area contributed by atoms with Crippen LogP contribution < -0.4 is 5.73 Å². The van der Waals surface area contributed by atoms with Crippen LogP contribution in [0.2, 0.25) is 0 Å². The van der Waals surface area contributed by atoms with Gasteiger partial charge in [-0.3, -0.25) is 0 Å². The van der Waals surface area contributed by atoms with Crippen molar-refractivity contribution < 1.29 is 0 Å². The van der Waals surface area contributed by atoms with Gasteiger partial charge in [-0.05, 0) is 25.8 Å². The van der Waals surface area contributed by atoms with Crippen LogP contribution in [-0.2, 0) is 0 Å². The average molecular weight is 334 g/mol. The summed E-state index contributed by atoms with van der Waals surface area (Å²) < 4.78 is -0.543. The summed E-state index contributed by atoms with van der Waals surface area (Å²) in [4.78, 5) is 11.1. The van der Waals surface area contributed by atoms with E-state index in [1.165, 1.54) is 10.4 Å². The fourth-order valence-corrected chi connectivity index (χ4v) is 4.83. The molecular weight excluding hydrogens is 321 g/mol. The third-order valence-corrected chi connectivity index (χ3v) is 6.44. The van der Waals surface area contributed by atoms with Gasteiger partial charge in [0.15, 0.2) is 5.16 Å². The summed E-state index contributed by atoms with van der Waals surface area (Å²) in [5, 5.41) is 1.70. The molecular formula is C12H13Cl2N3S2. The van der Waals surface area contributed by atoms with Gasteiger partial charge in [0.25, 0.3) is 0 Å². The van der Waals surface area contributed by atoms with Crippen LogP contribution in [0.25, 0.3) is 10.2 Å². The zero-order chi connectivity index (χ0) is 13.8. The van der Waals surface area contributed by atoms with Crippen LogP contribution in [0.3, 0.4) is 0 Å². The van der Waals surface area contributed by atoms with Crippen molar-refractivity contribution in [1.82, 2.24) is 9.97 Å². The lowest BCUT2D eigenvalue weighted by Gasteiger charge is -2.03. The predicted octanol–water partition coefficient (Wildman–Crippen LogP) is 4.18. The number of rotatable bonds is 3. The summed E-state index contributed by atoms with van der Waals surface area (Å²) >= 11 is 15.3. The molecule has 0 spiro atoms. The Morgan fingerprint density at radius 3 is 2.74 bits per heavy atom. The summed E-state index contributed by atoms with van der Waals surface area (Å²) in [6, 6.07) is 0. The summed E-state index contributed by atoms with van der Waals surface area (Å²) in [6.07, 6.45) is 0.845. The fraction of sp³-hybridized carbons (Fsp3) is 0.500. The zero-order valence-electron chi connectivity index (χ0n) is 10.5. The maximum atomic E-state index is 6.04. The molecule has 1 atom stereocenters. The molecule has 2 N–H and O–H groups in total. The van der Waals surface area contributed by atoms with E-state index in [9.17, 15) is 0 Å². The summed E-state index contributed by atoms with van der Waals surface area (Å²) in [7, 11) is 0. The SMILES string of the molecule is Cc1sc2nc(SC[C@@H]3CC3(Cl)Cl)nc(N)c2c1C. The van der Waals surface area contributed by atoms with Crippen molar-refractivity contribution in [1.29, 1.82) is 0 Å². The molecule has 0 saturated heterocycles. The molecule has 1 aliphatic carbocycles. The molecule has 3 nitrogen and oxygen atoms in total. The zero-order valence-corrected chi connectivity index (χ0v) is 13.7. The Balaban J connectivity index is 1.85. The molecule has 0 aliphatic heterocycles. The van der Waals surface area contributed by atoms with E-state index >= 15 is 0 Å². The largest absolute Gasteiger partial charge is 0.383 e. The molecule has 7 heteroatoms. The topological polar surface area (TPSA) is 51.8 Å². The molecule has 0 radical (unpaired) electrons. The number of alkyl halides is 2. The van der Waals surface area contributed by atoms with Crippen LogP contribution in [0.5, 0.6) is 0 Å². The van der Waals surface area contributed by atoms with Crippen LogP contribution in [0.15, 0.2) is 5.16 Å². The Hall–Kier alpha value is -0.230. The van der Waals surface area contributed by atoms with Crippen LogP contribution in [0.4, 0.5) is 5.82 Å².